The van der Waals surface area contributed by atoms with Crippen LogP contribution in [0.15, 0.2) is 115 Å². The molecule has 0 N–H and O–H groups in total. The van der Waals surface area contributed by atoms with Crippen molar-refractivity contribution in [2.24, 2.45) is 35.5 Å². The number of hydrogen-bond donors (Lipinski definition) is 0. The van der Waals surface area contributed by atoms with Gasteiger partial charge in [-0.25, -0.2) is 0 Å². The molecule has 0 spiro atoms. The molecule has 320 valence electrons. The first-order valence-electron chi connectivity index (χ1n) is 26.2. The number of para-hydroxylation sites is 1. The molecule has 0 saturated heterocycles. The Morgan fingerprint density at radius 2 is 1.26 bits per heavy atom. The molecule has 2 nitrogen and oxygen atoms in total. The van der Waals surface area contributed by atoms with E-state index >= 15 is 0 Å². The van der Waals surface area contributed by atoms with Gasteiger partial charge >= 0.3 is 6.85 Å². The van der Waals surface area contributed by atoms with Crippen LogP contribution >= 0.6 is 0 Å². The zero-order valence-corrected chi connectivity index (χ0v) is 38.4. The normalized spacial score (nSPS) is 30.7. The highest BCUT2D eigenvalue weighted by Crippen LogP contribution is 2.64. The van der Waals surface area contributed by atoms with Gasteiger partial charge < -0.3 is 9.05 Å². The minimum Gasteiger partial charge on any atom is -0.375 e. The minimum atomic E-state index is -0.178. The highest BCUT2D eigenvalue weighted by molar-refractivity contribution is 6.90. The molecule has 10 aliphatic rings. The highest BCUT2D eigenvalue weighted by atomic mass is 15.0. The maximum absolute atomic E-state index is 2.91. The van der Waals surface area contributed by atoms with Crippen LogP contribution in [0.4, 0.5) is 0 Å². The van der Waals surface area contributed by atoms with Crippen molar-refractivity contribution in [3.05, 3.63) is 138 Å². The Morgan fingerprint density at radius 1 is 0.515 bits per heavy atom. The van der Waals surface area contributed by atoms with E-state index in [1.807, 2.05) is 0 Å². The lowest BCUT2D eigenvalue weighted by molar-refractivity contribution is -0.00511. The summed E-state index contributed by atoms with van der Waals surface area (Å²) in [6.45, 7) is 5.11. The first-order chi connectivity index (χ1) is 32.3. The zero-order valence-electron chi connectivity index (χ0n) is 38.4. The molecule has 66 heavy (non-hydrogen) atoms. The van der Waals surface area contributed by atoms with Crippen LogP contribution in [-0.4, -0.2) is 15.9 Å². The molecule has 9 aromatic rings. The minimum absolute atomic E-state index is 0.0643. The van der Waals surface area contributed by atoms with Crippen molar-refractivity contribution in [1.82, 2.24) is 9.05 Å². The predicted octanol–water partition coefficient (Wildman–Crippen LogP) is 14.2. The Labute approximate surface area is 387 Å². The lowest BCUT2D eigenvalue weighted by Crippen LogP contribution is -2.56. The summed E-state index contributed by atoms with van der Waals surface area (Å²) in [5, 5.41) is 8.48. The maximum atomic E-state index is 2.91. The number of hydrogen-bond acceptors (Lipinski definition) is 0. The molecule has 3 heteroatoms. The Hall–Kier alpha value is -5.54. The van der Waals surface area contributed by atoms with Crippen LogP contribution in [0, 0.1) is 35.5 Å². The van der Waals surface area contributed by atoms with Crippen molar-refractivity contribution < 1.29 is 0 Å². The van der Waals surface area contributed by atoms with Crippen molar-refractivity contribution in [3.8, 4) is 27.9 Å². The Morgan fingerprint density at radius 3 is 2.14 bits per heavy atom. The molecule has 2 aromatic heterocycles. The van der Waals surface area contributed by atoms with E-state index < -0.39 is 0 Å². The topological polar surface area (TPSA) is 9.86 Å². The van der Waals surface area contributed by atoms with E-state index in [2.05, 4.69) is 138 Å². The average molecular weight is 851 g/mol. The summed E-state index contributed by atoms with van der Waals surface area (Å²) in [5.41, 5.74) is 22.8. The van der Waals surface area contributed by atoms with Crippen molar-refractivity contribution in [1.29, 1.82) is 0 Å². The van der Waals surface area contributed by atoms with Gasteiger partial charge in [-0.3, -0.25) is 0 Å². The number of fused-ring (bicyclic) bond motifs is 18. The van der Waals surface area contributed by atoms with Crippen LogP contribution in [0.1, 0.15) is 113 Å². The van der Waals surface area contributed by atoms with Gasteiger partial charge in [0.15, 0.2) is 0 Å². The van der Waals surface area contributed by atoms with E-state index in [1.54, 1.807) is 11.1 Å². The Bertz CT molecular complexity index is 3740. The molecule has 2 aliphatic heterocycles. The smallest absolute Gasteiger partial charge is 0.333 e. The number of benzene rings is 7. The van der Waals surface area contributed by atoms with Gasteiger partial charge in [0.2, 0.25) is 0 Å². The predicted molar refractivity (Wildman–Crippen MR) is 274 cm³/mol. The second-order valence-electron chi connectivity index (χ2n) is 24.7. The van der Waals surface area contributed by atoms with E-state index in [-0.39, 0.29) is 12.3 Å². The molecular weight excluding hydrogens is 796 g/mol. The molecular formula is C63H55BN2. The SMILES string of the molecule is CC1(C)c2ccccc2-c2cc3c4c(c21)-n1c2c(cccc2c2ccc5ccccc5c21)B4n1c2ccc(C45CCC6CC(CC6C4)C5)cc2c2cc(C45CC6CC(CC(C6)C4)C5)cc-3c21. The summed E-state index contributed by atoms with van der Waals surface area (Å²) in [6, 6.07) is 47.2. The largest absolute Gasteiger partial charge is 0.375 e. The third-order valence-electron chi connectivity index (χ3n) is 21.3. The van der Waals surface area contributed by atoms with Gasteiger partial charge in [0.1, 0.15) is 0 Å². The molecule has 0 radical (unpaired) electrons. The van der Waals surface area contributed by atoms with E-state index in [1.165, 1.54) is 181 Å². The van der Waals surface area contributed by atoms with Gasteiger partial charge in [-0.1, -0.05) is 98.8 Å². The van der Waals surface area contributed by atoms with Crippen molar-refractivity contribution in [3.63, 3.8) is 0 Å². The Kier molecular flexibility index (Phi) is 6.16. The Balaban J connectivity index is 1.02. The fourth-order valence-corrected chi connectivity index (χ4v) is 19.4. The van der Waals surface area contributed by atoms with Gasteiger partial charge in [-0.15, -0.1) is 0 Å². The average Bonchev–Trinajstić information content (AvgIpc) is 3.99. The summed E-state index contributed by atoms with van der Waals surface area (Å²) < 4.78 is 5.72. The van der Waals surface area contributed by atoms with Gasteiger partial charge in [-0.2, -0.15) is 0 Å². The quantitative estimate of drug-likeness (QED) is 0.153. The van der Waals surface area contributed by atoms with Gasteiger partial charge in [0.25, 0.3) is 0 Å². The van der Waals surface area contributed by atoms with E-state index in [4.69, 9.17) is 0 Å². The summed E-state index contributed by atoms with van der Waals surface area (Å²) >= 11 is 0. The maximum Gasteiger partial charge on any atom is 0.333 e. The molecule has 0 amide bonds. The first kappa shape index (κ1) is 35.6. The van der Waals surface area contributed by atoms with E-state index in [9.17, 15) is 0 Å². The molecule has 4 heterocycles. The fraction of sp³-hybridized carbons (Fsp3) is 0.365. The number of aromatic nitrogens is 2. The molecule has 4 atom stereocenters. The van der Waals surface area contributed by atoms with E-state index in [0.717, 1.165) is 35.5 Å². The summed E-state index contributed by atoms with van der Waals surface area (Å²) in [5.74, 6) is 5.57. The second kappa shape index (κ2) is 11.4. The van der Waals surface area contributed by atoms with Crippen LogP contribution in [0.2, 0.25) is 0 Å². The summed E-state index contributed by atoms with van der Waals surface area (Å²) in [7, 11) is 0. The molecule has 7 fully saturated rings. The lowest BCUT2D eigenvalue weighted by atomic mass is 9.44. The monoisotopic (exact) mass is 850 g/mol. The van der Waals surface area contributed by atoms with Crippen LogP contribution in [-0.2, 0) is 16.2 Å². The van der Waals surface area contributed by atoms with Gasteiger partial charge in [0, 0.05) is 54.6 Å². The van der Waals surface area contributed by atoms with E-state index in [0.29, 0.717) is 10.8 Å². The van der Waals surface area contributed by atoms with Gasteiger partial charge in [0.05, 0.1) is 11.0 Å². The molecule has 7 bridgehead atoms. The highest BCUT2D eigenvalue weighted by Gasteiger charge is 2.55. The van der Waals surface area contributed by atoms with Crippen molar-refractivity contribution in [2.45, 2.75) is 107 Å². The summed E-state index contributed by atoms with van der Waals surface area (Å²) in [6.07, 6.45) is 17.3. The second-order valence-corrected chi connectivity index (χ2v) is 24.7. The van der Waals surface area contributed by atoms with Crippen LogP contribution in [0.25, 0.3) is 82.3 Å². The number of rotatable bonds is 2. The zero-order chi connectivity index (χ0) is 42.7. The molecule has 4 unspecified atom stereocenters. The van der Waals surface area contributed by atoms with Crippen molar-refractivity contribution >= 4 is 72.2 Å². The standard InChI is InChI=1S/C63H55BN2/c1-61(2)52-12-6-5-10-44(52)48-28-49-51-27-42(63-30-34-20-35(31-63)22-36(21-34)32-63)26-50-47-25-41(62-19-18-39-23-37(29-62)24-40(39)33-62)15-17-54(47)66(58(50)51)64-53-13-7-11-45-46-16-14-38-8-3-4-9-43(38)57(46)65(59(45)53)60(55(48)61)56(49)64/h3-17,25-28,34-37,39-40H,18-24,29-33H2,1-2H3. The first-order valence-corrected chi connectivity index (χ1v) is 26.2. The molecule has 7 aromatic carbocycles. The van der Waals surface area contributed by atoms with Crippen LogP contribution in [0.3, 0.4) is 0 Å². The third kappa shape index (κ3) is 4.01. The summed E-state index contributed by atoms with van der Waals surface area (Å²) in [4.78, 5) is 0. The lowest BCUT2D eigenvalue weighted by Gasteiger charge is -2.57. The molecule has 19 rings (SSSR count). The number of nitrogens with zero attached hydrogens (tertiary/aromatic N) is 2. The van der Waals surface area contributed by atoms with Crippen LogP contribution in [0.5, 0.6) is 0 Å². The van der Waals surface area contributed by atoms with Crippen LogP contribution < -0.4 is 10.9 Å². The third-order valence-corrected chi connectivity index (χ3v) is 21.3. The van der Waals surface area contributed by atoms with Gasteiger partial charge in [-0.05, 0) is 209 Å². The fourth-order valence-electron chi connectivity index (χ4n) is 19.4. The molecule has 7 saturated carbocycles. The molecule has 8 aliphatic carbocycles. The van der Waals surface area contributed by atoms with Crippen molar-refractivity contribution in [2.75, 3.05) is 0 Å².